The molecule has 1 aromatic heterocycles. The van der Waals surface area contributed by atoms with Gasteiger partial charge in [-0.3, -0.25) is 18.7 Å². The summed E-state index contributed by atoms with van der Waals surface area (Å²) in [6, 6.07) is 0. The fourth-order valence-electron chi connectivity index (χ4n) is 1.65. The molecule has 106 valence electrons. The van der Waals surface area contributed by atoms with E-state index >= 15 is 0 Å². The van der Waals surface area contributed by atoms with E-state index in [2.05, 4.69) is 10.6 Å². The zero-order chi connectivity index (χ0) is 14.6. The van der Waals surface area contributed by atoms with E-state index in [1.165, 1.54) is 18.7 Å². The molecule has 0 aliphatic rings. The molecule has 0 saturated carbocycles. The fraction of sp³-hybridized carbons (Fsp3) is 0.545. The van der Waals surface area contributed by atoms with Crippen molar-refractivity contribution < 1.29 is 4.79 Å². The highest BCUT2D eigenvalue weighted by Crippen LogP contribution is 2.10. The molecule has 0 radical (unpaired) electrons. The second-order valence-corrected chi connectivity index (χ2v) is 4.09. The number of likely N-dealkylation sites (N-methyl/N-ethyl adjacent to an activating group) is 1. The van der Waals surface area contributed by atoms with Crippen molar-refractivity contribution in [2.75, 3.05) is 24.6 Å². The molecule has 0 atom stereocenters. The van der Waals surface area contributed by atoms with Crippen LogP contribution >= 0.6 is 0 Å². The Morgan fingerprint density at radius 1 is 1.37 bits per heavy atom. The molecule has 8 heteroatoms. The smallest absolute Gasteiger partial charge is 0.332 e. The number of nitrogens with zero attached hydrogens (tertiary/aromatic N) is 2. The summed E-state index contributed by atoms with van der Waals surface area (Å²) in [5, 5.41) is 5.09. The van der Waals surface area contributed by atoms with Gasteiger partial charge >= 0.3 is 5.69 Å². The highest BCUT2D eigenvalue weighted by Gasteiger charge is 2.15. The number of carbonyl (C=O) groups excluding carboxylic acids is 1. The lowest BCUT2D eigenvalue weighted by atomic mass is 10.4. The SMILES string of the molecule is CCCn1c(N)c(NCC(=O)NC)c(=O)n(C)c1=O. The zero-order valence-electron chi connectivity index (χ0n) is 11.3. The first-order valence-electron chi connectivity index (χ1n) is 5.97. The lowest BCUT2D eigenvalue weighted by Gasteiger charge is -2.15. The minimum Gasteiger partial charge on any atom is -0.383 e. The van der Waals surface area contributed by atoms with Gasteiger partial charge in [0.05, 0.1) is 6.54 Å². The van der Waals surface area contributed by atoms with Crippen molar-refractivity contribution in [1.29, 1.82) is 0 Å². The first-order valence-corrected chi connectivity index (χ1v) is 5.97. The Kier molecular flexibility index (Phi) is 4.74. The first kappa shape index (κ1) is 14.8. The van der Waals surface area contributed by atoms with Gasteiger partial charge in [0.1, 0.15) is 11.5 Å². The number of amides is 1. The summed E-state index contributed by atoms with van der Waals surface area (Å²) in [5.74, 6) is -0.228. The van der Waals surface area contributed by atoms with E-state index < -0.39 is 11.2 Å². The predicted molar refractivity (Wildman–Crippen MR) is 73.2 cm³/mol. The van der Waals surface area contributed by atoms with Gasteiger partial charge in [-0.1, -0.05) is 6.92 Å². The molecule has 1 rings (SSSR count). The van der Waals surface area contributed by atoms with Crippen molar-refractivity contribution >= 4 is 17.4 Å². The molecule has 0 spiro atoms. The highest BCUT2D eigenvalue weighted by molar-refractivity contribution is 5.81. The van der Waals surface area contributed by atoms with Crippen molar-refractivity contribution in [3.63, 3.8) is 0 Å². The van der Waals surface area contributed by atoms with Crippen LogP contribution in [-0.4, -0.2) is 28.6 Å². The second kappa shape index (κ2) is 6.07. The molecule has 1 heterocycles. The predicted octanol–water partition coefficient (Wildman–Crippen LogP) is -1.30. The molecule has 1 amide bonds. The van der Waals surface area contributed by atoms with E-state index in [0.717, 1.165) is 4.57 Å². The summed E-state index contributed by atoms with van der Waals surface area (Å²) in [5.41, 5.74) is 4.89. The van der Waals surface area contributed by atoms with Gasteiger partial charge < -0.3 is 16.4 Å². The Morgan fingerprint density at radius 2 is 2.00 bits per heavy atom. The van der Waals surface area contributed by atoms with Crippen LogP contribution in [0.5, 0.6) is 0 Å². The van der Waals surface area contributed by atoms with E-state index in [4.69, 9.17) is 5.73 Å². The quantitative estimate of drug-likeness (QED) is 0.615. The molecular weight excluding hydrogens is 250 g/mol. The van der Waals surface area contributed by atoms with Crippen LogP contribution in [0.3, 0.4) is 0 Å². The van der Waals surface area contributed by atoms with Crippen LogP contribution in [0.15, 0.2) is 9.59 Å². The van der Waals surface area contributed by atoms with Crippen molar-refractivity contribution in [2.45, 2.75) is 19.9 Å². The van der Waals surface area contributed by atoms with Crippen molar-refractivity contribution in [2.24, 2.45) is 7.05 Å². The Hall–Kier alpha value is -2.25. The van der Waals surface area contributed by atoms with E-state index in [1.54, 1.807) is 0 Å². The monoisotopic (exact) mass is 269 g/mol. The number of carbonyl (C=O) groups is 1. The lowest BCUT2D eigenvalue weighted by molar-refractivity contribution is -0.118. The normalized spacial score (nSPS) is 10.3. The van der Waals surface area contributed by atoms with E-state index in [-0.39, 0.29) is 24.0 Å². The summed E-state index contributed by atoms with van der Waals surface area (Å²) in [4.78, 5) is 35.0. The van der Waals surface area contributed by atoms with Gasteiger partial charge in [0.15, 0.2) is 0 Å². The van der Waals surface area contributed by atoms with Gasteiger partial charge in [0, 0.05) is 20.6 Å². The van der Waals surface area contributed by atoms with Gasteiger partial charge in [0.25, 0.3) is 5.56 Å². The van der Waals surface area contributed by atoms with Gasteiger partial charge in [-0.05, 0) is 6.42 Å². The number of rotatable bonds is 5. The fourth-order valence-corrected chi connectivity index (χ4v) is 1.65. The van der Waals surface area contributed by atoms with Crippen LogP contribution in [0.4, 0.5) is 11.5 Å². The molecule has 8 nitrogen and oxygen atoms in total. The minimum absolute atomic E-state index is 0.0545. The largest absolute Gasteiger partial charge is 0.383 e. The van der Waals surface area contributed by atoms with E-state index in [9.17, 15) is 14.4 Å². The Labute approximate surface area is 110 Å². The number of anilines is 2. The third kappa shape index (κ3) is 2.95. The maximum Gasteiger partial charge on any atom is 0.332 e. The van der Waals surface area contributed by atoms with Crippen LogP contribution in [0.1, 0.15) is 13.3 Å². The van der Waals surface area contributed by atoms with Crippen LogP contribution in [0, 0.1) is 0 Å². The number of hydrogen-bond acceptors (Lipinski definition) is 5. The highest BCUT2D eigenvalue weighted by atomic mass is 16.2. The van der Waals surface area contributed by atoms with Gasteiger partial charge in [-0.2, -0.15) is 0 Å². The summed E-state index contributed by atoms with van der Waals surface area (Å²) < 4.78 is 2.28. The molecular formula is C11H19N5O3. The summed E-state index contributed by atoms with van der Waals surface area (Å²) in [7, 11) is 2.87. The third-order valence-electron chi connectivity index (χ3n) is 2.74. The molecule has 19 heavy (non-hydrogen) atoms. The third-order valence-corrected chi connectivity index (χ3v) is 2.74. The lowest BCUT2D eigenvalue weighted by Crippen LogP contribution is -2.41. The first-order chi connectivity index (χ1) is 8.93. The number of aromatic nitrogens is 2. The molecule has 0 aliphatic heterocycles. The van der Waals surface area contributed by atoms with Crippen LogP contribution in [0.25, 0.3) is 0 Å². The average Bonchev–Trinajstić information content (AvgIpc) is 2.41. The molecule has 0 aromatic carbocycles. The summed E-state index contributed by atoms with van der Waals surface area (Å²) >= 11 is 0. The molecule has 0 unspecified atom stereocenters. The molecule has 0 saturated heterocycles. The van der Waals surface area contributed by atoms with E-state index in [1.807, 2.05) is 6.92 Å². The number of nitrogen functional groups attached to an aromatic ring is 1. The Bertz CT molecular complexity index is 587. The molecule has 4 N–H and O–H groups in total. The van der Waals surface area contributed by atoms with Crippen LogP contribution in [0.2, 0.25) is 0 Å². The van der Waals surface area contributed by atoms with Crippen molar-refractivity contribution in [1.82, 2.24) is 14.5 Å². The molecule has 0 fully saturated rings. The number of nitrogens with one attached hydrogen (secondary N) is 2. The van der Waals surface area contributed by atoms with Gasteiger partial charge in [-0.25, -0.2) is 4.79 Å². The van der Waals surface area contributed by atoms with Gasteiger partial charge in [0.2, 0.25) is 5.91 Å². The minimum atomic E-state index is -0.543. The molecule has 1 aromatic rings. The Balaban J connectivity index is 3.27. The van der Waals surface area contributed by atoms with Crippen molar-refractivity contribution in [3.05, 3.63) is 20.8 Å². The van der Waals surface area contributed by atoms with Crippen LogP contribution < -0.4 is 27.6 Å². The zero-order valence-corrected chi connectivity index (χ0v) is 11.3. The Morgan fingerprint density at radius 3 is 2.53 bits per heavy atom. The topological polar surface area (TPSA) is 111 Å². The van der Waals surface area contributed by atoms with E-state index in [0.29, 0.717) is 13.0 Å². The molecule has 0 bridgehead atoms. The number of nitrogens with two attached hydrogens (primary N) is 1. The standard InChI is InChI=1S/C11H19N5O3/c1-4-5-16-9(12)8(14-6-7(17)13-2)10(18)15(3)11(16)19/h14H,4-6,12H2,1-3H3,(H,13,17). The summed E-state index contributed by atoms with van der Waals surface area (Å²) in [6.45, 7) is 2.22. The second-order valence-electron chi connectivity index (χ2n) is 4.09. The average molecular weight is 269 g/mol. The van der Waals surface area contributed by atoms with Crippen LogP contribution in [-0.2, 0) is 18.4 Å². The summed E-state index contributed by atoms with van der Waals surface area (Å²) in [6.07, 6.45) is 0.706. The maximum atomic E-state index is 11.9. The molecule has 0 aliphatic carbocycles. The van der Waals surface area contributed by atoms with Crippen molar-refractivity contribution in [3.8, 4) is 0 Å². The number of hydrogen-bond donors (Lipinski definition) is 3. The maximum absolute atomic E-state index is 11.9. The van der Waals surface area contributed by atoms with Gasteiger partial charge in [-0.15, -0.1) is 0 Å².